The molecule has 0 amide bonds. The van der Waals surface area contributed by atoms with E-state index in [9.17, 15) is 8.42 Å². The first-order valence-corrected chi connectivity index (χ1v) is 7.88. The third kappa shape index (κ3) is 2.76. The number of benzene rings is 3. The van der Waals surface area contributed by atoms with Crippen LogP contribution in [0.25, 0.3) is 10.8 Å². The van der Waals surface area contributed by atoms with Gasteiger partial charge in [-0.2, -0.15) is 8.42 Å². The third-order valence-corrected chi connectivity index (χ3v) is 4.42. The van der Waals surface area contributed by atoms with Crippen LogP contribution < -0.4 is 4.18 Å². The van der Waals surface area contributed by atoms with E-state index in [-0.39, 0.29) is 4.90 Å². The summed E-state index contributed by atoms with van der Waals surface area (Å²) >= 11 is 0. The predicted octanol–water partition coefficient (Wildman–Crippen LogP) is 3.72. The minimum atomic E-state index is -3.84. The highest BCUT2D eigenvalue weighted by Crippen LogP contribution is 2.27. The van der Waals surface area contributed by atoms with Crippen LogP contribution in [0.3, 0.4) is 0 Å². The van der Waals surface area contributed by atoms with Gasteiger partial charge in [0.2, 0.25) is 0 Å². The standard InChI is InChI=1S/C17H13O3S/c1-13-9-11-15(12-10-13)21(18,19)20-17-8-4-6-14-5-2-3-7-16(14)17/h2-5,7-12H,1H3. The summed E-state index contributed by atoms with van der Waals surface area (Å²) in [5, 5.41) is 1.53. The van der Waals surface area contributed by atoms with Gasteiger partial charge < -0.3 is 4.18 Å². The lowest BCUT2D eigenvalue weighted by atomic mass is 10.1. The summed E-state index contributed by atoms with van der Waals surface area (Å²) in [6, 6.07) is 20.3. The van der Waals surface area contributed by atoms with Crippen LogP contribution in [0.4, 0.5) is 0 Å². The molecule has 0 aliphatic carbocycles. The van der Waals surface area contributed by atoms with E-state index in [1.807, 2.05) is 31.2 Å². The molecule has 3 rings (SSSR count). The molecule has 4 heteroatoms. The molecule has 0 N–H and O–H groups in total. The van der Waals surface area contributed by atoms with Crippen molar-refractivity contribution in [3.63, 3.8) is 0 Å². The largest absolute Gasteiger partial charge is 0.378 e. The van der Waals surface area contributed by atoms with Crippen LogP contribution in [-0.4, -0.2) is 8.42 Å². The van der Waals surface area contributed by atoms with E-state index in [4.69, 9.17) is 4.18 Å². The van der Waals surface area contributed by atoms with Crippen molar-refractivity contribution in [1.29, 1.82) is 0 Å². The lowest BCUT2D eigenvalue weighted by molar-refractivity contribution is 0.488. The van der Waals surface area contributed by atoms with Crippen molar-refractivity contribution >= 4 is 20.9 Å². The molecule has 0 aromatic heterocycles. The van der Waals surface area contributed by atoms with Gasteiger partial charge in [0, 0.05) is 5.39 Å². The minimum absolute atomic E-state index is 0.144. The Hall–Kier alpha value is -2.33. The molecular formula is C17H13O3S. The summed E-state index contributed by atoms with van der Waals surface area (Å²) in [5.74, 6) is 0.310. The molecule has 0 unspecified atom stereocenters. The van der Waals surface area contributed by atoms with Gasteiger partial charge in [-0.05, 0) is 42.6 Å². The predicted molar refractivity (Wildman–Crippen MR) is 81.8 cm³/mol. The number of aryl methyl sites for hydroxylation is 1. The fourth-order valence-electron chi connectivity index (χ4n) is 2.06. The van der Waals surface area contributed by atoms with Crippen molar-refractivity contribution in [2.75, 3.05) is 0 Å². The Kier molecular flexibility index (Phi) is 3.39. The van der Waals surface area contributed by atoms with Gasteiger partial charge in [0.05, 0.1) is 0 Å². The molecule has 0 saturated heterocycles. The first-order chi connectivity index (χ1) is 10.1. The van der Waals surface area contributed by atoms with Gasteiger partial charge in [-0.25, -0.2) is 0 Å². The molecular weight excluding hydrogens is 284 g/mol. The molecule has 3 nitrogen and oxygen atoms in total. The fraction of sp³-hybridized carbons (Fsp3) is 0.0588. The number of fused-ring (bicyclic) bond motifs is 1. The van der Waals surface area contributed by atoms with Gasteiger partial charge in [0.15, 0.2) is 5.75 Å². The van der Waals surface area contributed by atoms with Crippen molar-refractivity contribution in [3.8, 4) is 5.75 Å². The highest BCUT2D eigenvalue weighted by Gasteiger charge is 2.17. The summed E-state index contributed by atoms with van der Waals surface area (Å²) in [4.78, 5) is 0.144. The average Bonchev–Trinajstić information content (AvgIpc) is 2.48. The Balaban J connectivity index is 2.03. The molecule has 0 heterocycles. The summed E-state index contributed by atoms with van der Waals surface area (Å²) in [5.41, 5.74) is 0.994. The van der Waals surface area contributed by atoms with E-state index in [0.29, 0.717) is 5.75 Å². The Bertz CT molecular complexity index is 876. The van der Waals surface area contributed by atoms with E-state index in [1.54, 1.807) is 36.4 Å². The van der Waals surface area contributed by atoms with Crippen LogP contribution >= 0.6 is 0 Å². The second-order valence-corrected chi connectivity index (χ2v) is 6.28. The Morgan fingerprint density at radius 3 is 2.43 bits per heavy atom. The van der Waals surface area contributed by atoms with Crippen molar-refractivity contribution < 1.29 is 12.6 Å². The smallest absolute Gasteiger partial charge is 0.339 e. The van der Waals surface area contributed by atoms with E-state index in [2.05, 4.69) is 6.07 Å². The normalized spacial score (nSPS) is 11.5. The maximum atomic E-state index is 12.3. The zero-order valence-electron chi connectivity index (χ0n) is 11.4. The van der Waals surface area contributed by atoms with E-state index >= 15 is 0 Å². The molecule has 0 atom stereocenters. The van der Waals surface area contributed by atoms with Crippen molar-refractivity contribution in [1.82, 2.24) is 0 Å². The van der Waals surface area contributed by atoms with Gasteiger partial charge >= 0.3 is 10.1 Å². The Morgan fingerprint density at radius 1 is 0.952 bits per heavy atom. The summed E-state index contributed by atoms with van der Waals surface area (Å²) in [7, 11) is -3.84. The van der Waals surface area contributed by atoms with Crippen molar-refractivity contribution in [2.45, 2.75) is 11.8 Å². The molecule has 0 saturated carbocycles. The molecule has 0 spiro atoms. The van der Waals surface area contributed by atoms with E-state index < -0.39 is 10.1 Å². The fourth-order valence-corrected chi connectivity index (χ4v) is 3.01. The second-order valence-electron chi connectivity index (χ2n) is 4.74. The lowest BCUT2D eigenvalue weighted by Gasteiger charge is -2.09. The summed E-state index contributed by atoms with van der Waals surface area (Å²) in [6.45, 7) is 1.90. The van der Waals surface area contributed by atoms with Crippen LogP contribution in [0.1, 0.15) is 5.56 Å². The quantitative estimate of drug-likeness (QED) is 0.692. The first kappa shape index (κ1) is 13.6. The van der Waals surface area contributed by atoms with Crippen LogP contribution in [0, 0.1) is 13.0 Å². The SMILES string of the molecule is Cc1ccc(S(=O)(=O)Oc2cc[c]c3ccccc23)cc1. The Labute approximate surface area is 123 Å². The van der Waals surface area contributed by atoms with Gasteiger partial charge in [0.25, 0.3) is 0 Å². The number of rotatable bonds is 3. The highest BCUT2D eigenvalue weighted by molar-refractivity contribution is 7.87. The van der Waals surface area contributed by atoms with Crippen molar-refractivity contribution in [2.24, 2.45) is 0 Å². The van der Waals surface area contributed by atoms with E-state index in [1.165, 1.54) is 0 Å². The highest BCUT2D eigenvalue weighted by atomic mass is 32.2. The van der Waals surface area contributed by atoms with E-state index in [0.717, 1.165) is 16.3 Å². The zero-order valence-corrected chi connectivity index (χ0v) is 12.2. The molecule has 0 fully saturated rings. The van der Waals surface area contributed by atoms with Gasteiger partial charge in [0.1, 0.15) is 4.90 Å². The van der Waals surface area contributed by atoms with Crippen LogP contribution in [0.2, 0.25) is 0 Å². The molecule has 0 bridgehead atoms. The number of hydrogen-bond acceptors (Lipinski definition) is 3. The monoisotopic (exact) mass is 297 g/mol. The molecule has 0 aliphatic heterocycles. The van der Waals surface area contributed by atoms with Gasteiger partial charge in [-0.3, -0.25) is 0 Å². The van der Waals surface area contributed by atoms with Crippen LogP contribution in [-0.2, 0) is 10.1 Å². The molecule has 1 radical (unpaired) electrons. The molecule has 21 heavy (non-hydrogen) atoms. The number of hydrogen-bond donors (Lipinski definition) is 0. The Morgan fingerprint density at radius 2 is 1.67 bits per heavy atom. The molecule has 105 valence electrons. The second kappa shape index (κ2) is 5.22. The van der Waals surface area contributed by atoms with Gasteiger partial charge in [-0.15, -0.1) is 0 Å². The maximum Gasteiger partial charge on any atom is 0.339 e. The average molecular weight is 297 g/mol. The van der Waals surface area contributed by atoms with Crippen LogP contribution in [0.15, 0.2) is 65.6 Å². The van der Waals surface area contributed by atoms with Gasteiger partial charge in [-0.1, -0.05) is 42.0 Å². The molecule has 0 aliphatic rings. The minimum Gasteiger partial charge on any atom is -0.378 e. The summed E-state index contributed by atoms with van der Waals surface area (Å²) in [6.07, 6.45) is 0. The lowest BCUT2D eigenvalue weighted by Crippen LogP contribution is -2.09. The molecule has 3 aromatic carbocycles. The summed E-state index contributed by atoms with van der Waals surface area (Å²) < 4.78 is 29.9. The molecule has 3 aromatic rings. The third-order valence-electron chi connectivity index (χ3n) is 3.18. The van der Waals surface area contributed by atoms with Crippen LogP contribution in [0.5, 0.6) is 5.75 Å². The topological polar surface area (TPSA) is 43.4 Å². The maximum absolute atomic E-state index is 12.3. The van der Waals surface area contributed by atoms with Crippen molar-refractivity contribution in [3.05, 3.63) is 72.3 Å². The first-order valence-electron chi connectivity index (χ1n) is 6.47. The zero-order chi connectivity index (χ0) is 14.9.